The maximum absolute atomic E-state index is 12.6. The number of alkyl halides is 3. The molecule has 3 aromatic rings. The summed E-state index contributed by atoms with van der Waals surface area (Å²) in [5, 5.41) is 3.24. The predicted octanol–water partition coefficient (Wildman–Crippen LogP) is 4.53. The number of carbonyl (C=O) groups is 1. The summed E-state index contributed by atoms with van der Waals surface area (Å²) in [7, 11) is 0. The number of rotatable bonds is 4. The van der Waals surface area contributed by atoms with E-state index in [0.29, 0.717) is 11.3 Å². The lowest BCUT2D eigenvalue weighted by atomic mass is 10.1. The molecule has 0 aliphatic carbocycles. The number of carbonyl (C=O) groups excluding carboxylic acids is 1. The molecule has 0 spiro atoms. The van der Waals surface area contributed by atoms with E-state index in [-0.39, 0.29) is 5.69 Å². The number of benzene rings is 2. The van der Waals surface area contributed by atoms with Gasteiger partial charge in [0.15, 0.2) is 6.10 Å². The van der Waals surface area contributed by atoms with Crippen molar-refractivity contribution in [3.05, 3.63) is 70.1 Å². The number of nitrogens with one attached hydrogen (secondary N) is 1. The van der Waals surface area contributed by atoms with E-state index in [1.54, 1.807) is 19.1 Å². The van der Waals surface area contributed by atoms with E-state index in [4.69, 9.17) is 9.15 Å². The van der Waals surface area contributed by atoms with Crippen LogP contribution in [-0.4, -0.2) is 12.0 Å². The van der Waals surface area contributed by atoms with Gasteiger partial charge in [-0.05, 0) is 55.8 Å². The molecule has 1 amide bonds. The summed E-state index contributed by atoms with van der Waals surface area (Å²) in [6, 6.07) is 10.3. The largest absolute Gasteiger partial charge is 0.481 e. The molecule has 8 heteroatoms. The fraction of sp³-hybridized carbons (Fsp3) is 0.200. The summed E-state index contributed by atoms with van der Waals surface area (Å²) in [6.07, 6.45) is -5.38. The summed E-state index contributed by atoms with van der Waals surface area (Å²) < 4.78 is 48.4. The van der Waals surface area contributed by atoms with E-state index in [9.17, 15) is 22.8 Å². The normalized spacial score (nSPS) is 12.6. The molecule has 0 unspecified atom stereocenters. The molecule has 3 rings (SSSR count). The Morgan fingerprint density at radius 3 is 2.43 bits per heavy atom. The van der Waals surface area contributed by atoms with Gasteiger partial charge in [0.25, 0.3) is 5.91 Å². The predicted molar refractivity (Wildman–Crippen MR) is 97.4 cm³/mol. The molecule has 1 N–H and O–H groups in total. The minimum Gasteiger partial charge on any atom is -0.481 e. The SMILES string of the molecule is Cc1cc(=O)oc2cc(O[C@@H](C)C(=O)Nc3ccc(C(F)(F)F)cc3)ccc12. The van der Waals surface area contributed by atoms with Crippen molar-refractivity contribution < 1.29 is 27.1 Å². The average Bonchev–Trinajstić information content (AvgIpc) is 2.60. The molecule has 28 heavy (non-hydrogen) atoms. The molecule has 0 radical (unpaired) electrons. The van der Waals surface area contributed by atoms with Crippen molar-refractivity contribution in [2.24, 2.45) is 0 Å². The minimum absolute atomic E-state index is 0.216. The summed E-state index contributed by atoms with van der Waals surface area (Å²) in [6.45, 7) is 3.27. The fourth-order valence-corrected chi connectivity index (χ4v) is 2.62. The molecule has 146 valence electrons. The third-order valence-electron chi connectivity index (χ3n) is 4.08. The zero-order valence-electron chi connectivity index (χ0n) is 15.0. The molecule has 0 bridgehead atoms. The van der Waals surface area contributed by atoms with Crippen molar-refractivity contribution >= 4 is 22.6 Å². The van der Waals surface area contributed by atoms with Crippen LogP contribution in [-0.2, 0) is 11.0 Å². The second-order valence-corrected chi connectivity index (χ2v) is 6.23. The van der Waals surface area contributed by atoms with Crippen molar-refractivity contribution in [3.63, 3.8) is 0 Å². The number of hydrogen-bond donors (Lipinski definition) is 1. The molecule has 0 aliphatic rings. The second-order valence-electron chi connectivity index (χ2n) is 6.23. The standard InChI is InChI=1S/C20H16F3NO4/c1-11-9-18(25)28-17-10-15(7-8-16(11)17)27-12(2)19(26)24-14-5-3-13(4-6-14)20(21,22)23/h3-10,12H,1-2H3,(H,24,26)/t12-/m0/s1. The van der Waals surface area contributed by atoms with Crippen LogP contribution in [0.25, 0.3) is 11.0 Å². The van der Waals surface area contributed by atoms with Gasteiger partial charge in [-0.2, -0.15) is 13.2 Å². The van der Waals surface area contributed by atoms with Crippen LogP contribution in [0, 0.1) is 6.92 Å². The van der Waals surface area contributed by atoms with Crippen LogP contribution in [0.5, 0.6) is 5.75 Å². The highest BCUT2D eigenvalue weighted by atomic mass is 19.4. The van der Waals surface area contributed by atoms with E-state index in [0.717, 1.165) is 23.1 Å². The van der Waals surface area contributed by atoms with Gasteiger partial charge >= 0.3 is 11.8 Å². The number of hydrogen-bond acceptors (Lipinski definition) is 4. The van der Waals surface area contributed by atoms with E-state index < -0.39 is 29.4 Å². The van der Waals surface area contributed by atoms with Crippen molar-refractivity contribution in [1.82, 2.24) is 0 Å². The van der Waals surface area contributed by atoms with Gasteiger partial charge in [-0.15, -0.1) is 0 Å². The van der Waals surface area contributed by atoms with E-state index >= 15 is 0 Å². The molecule has 1 atom stereocenters. The van der Waals surface area contributed by atoms with Crippen LogP contribution in [0.4, 0.5) is 18.9 Å². The second kappa shape index (κ2) is 7.38. The molecule has 5 nitrogen and oxygen atoms in total. The van der Waals surface area contributed by atoms with Crippen molar-refractivity contribution in [3.8, 4) is 5.75 Å². The summed E-state index contributed by atoms with van der Waals surface area (Å²) in [4.78, 5) is 23.7. The monoisotopic (exact) mass is 391 g/mol. The van der Waals surface area contributed by atoms with Gasteiger partial charge in [0.1, 0.15) is 11.3 Å². The van der Waals surface area contributed by atoms with Gasteiger partial charge in [-0.3, -0.25) is 4.79 Å². The van der Waals surface area contributed by atoms with Gasteiger partial charge in [0.2, 0.25) is 0 Å². The molecular formula is C20H16F3NO4. The maximum atomic E-state index is 12.6. The van der Waals surface area contributed by atoms with Crippen LogP contribution >= 0.6 is 0 Å². The first-order valence-electron chi connectivity index (χ1n) is 8.33. The number of aryl methyl sites for hydroxylation is 1. The Kier molecular flexibility index (Phi) is 5.13. The quantitative estimate of drug-likeness (QED) is 0.664. The number of anilines is 1. The third kappa shape index (κ3) is 4.33. The number of ether oxygens (including phenoxy) is 1. The van der Waals surface area contributed by atoms with E-state index in [1.165, 1.54) is 31.2 Å². The Labute approximate surface area is 157 Å². The Balaban J connectivity index is 1.70. The minimum atomic E-state index is -4.44. The zero-order chi connectivity index (χ0) is 20.5. The highest BCUT2D eigenvalue weighted by molar-refractivity contribution is 5.94. The molecule has 0 saturated carbocycles. The third-order valence-corrected chi connectivity index (χ3v) is 4.08. The highest BCUT2D eigenvalue weighted by Gasteiger charge is 2.30. The molecule has 2 aromatic carbocycles. The summed E-state index contributed by atoms with van der Waals surface area (Å²) in [5.41, 5.74) is 0.00955. The van der Waals surface area contributed by atoms with Crippen LogP contribution < -0.4 is 15.7 Å². The lowest BCUT2D eigenvalue weighted by molar-refractivity contribution is -0.137. The van der Waals surface area contributed by atoms with E-state index in [2.05, 4.69) is 5.32 Å². The first kappa shape index (κ1) is 19.5. The smallest absolute Gasteiger partial charge is 0.416 e. The number of amides is 1. The van der Waals surface area contributed by atoms with Gasteiger partial charge in [0.05, 0.1) is 5.56 Å². The van der Waals surface area contributed by atoms with Gasteiger partial charge in [0, 0.05) is 23.2 Å². The maximum Gasteiger partial charge on any atom is 0.416 e. The molecule has 0 fully saturated rings. The Hall–Kier alpha value is -3.29. The van der Waals surface area contributed by atoms with Crippen molar-refractivity contribution in [1.29, 1.82) is 0 Å². The summed E-state index contributed by atoms with van der Waals surface area (Å²) >= 11 is 0. The molecule has 0 saturated heterocycles. The molecule has 0 aliphatic heterocycles. The Bertz CT molecular complexity index is 1070. The van der Waals surface area contributed by atoms with Crippen LogP contribution in [0.3, 0.4) is 0 Å². The van der Waals surface area contributed by atoms with Crippen molar-refractivity contribution in [2.75, 3.05) is 5.32 Å². The van der Waals surface area contributed by atoms with E-state index in [1.807, 2.05) is 0 Å². The lowest BCUT2D eigenvalue weighted by Gasteiger charge is -2.15. The fourth-order valence-electron chi connectivity index (χ4n) is 2.62. The van der Waals surface area contributed by atoms with Crippen molar-refractivity contribution in [2.45, 2.75) is 26.1 Å². The Morgan fingerprint density at radius 2 is 1.79 bits per heavy atom. The molecule has 1 aromatic heterocycles. The summed E-state index contributed by atoms with van der Waals surface area (Å²) in [5.74, 6) is -0.220. The zero-order valence-corrected chi connectivity index (χ0v) is 15.0. The molecular weight excluding hydrogens is 375 g/mol. The van der Waals surface area contributed by atoms with Crippen LogP contribution in [0.1, 0.15) is 18.1 Å². The van der Waals surface area contributed by atoms with Gasteiger partial charge in [-0.1, -0.05) is 0 Å². The first-order valence-corrected chi connectivity index (χ1v) is 8.33. The highest BCUT2D eigenvalue weighted by Crippen LogP contribution is 2.30. The first-order chi connectivity index (χ1) is 13.1. The van der Waals surface area contributed by atoms with Crippen LogP contribution in [0.2, 0.25) is 0 Å². The topological polar surface area (TPSA) is 68.5 Å². The van der Waals surface area contributed by atoms with Gasteiger partial charge < -0.3 is 14.5 Å². The average molecular weight is 391 g/mol. The number of halogens is 3. The van der Waals surface area contributed by atoms with Crippen LogP contribution in [0.15, 0.2) is 57.7 Å². The lowest BCUT2D eigenvalue weighted by Crippen LogP contribution is -2.30. The Morgan fingerprint density at radius 1 is 1.11 bits per heavy atom. The number of fused-ring (bicyclic) bond motifs is 1. The molecule has 1 heterocycles. The van der Waals surface area contributed by atoms with Gasteiger partial charge in [-0.25, -0.2) is 4.79 Å².